The van der Waals surface area contributed by atoms with E-state index >= 15 is 0 Å². The summed E-state index contributed by atoms with van der Waals surface area (Å²) >= 11 is 0. The maximum Gasteiger partial charge on any atom is 0.268 e. The quantitative estimate of drug-likeness (QED) is 0.459. The van der Waals surface area contributed by atoms with Crippen LogP contribution >= 0.6 is 0 Å². The van der Waals surface area contributed by atoms with Gasteiger partial charge >= 0.3 is 0 Å². The molecular weight excluding hydrogens is 452 g/mol. The van der Waals surface area contributed by atoms with Crippen LogP contribution in [0.1, 0.15) is 57.4 Å². The van der Waals surface area contributed by atoms with Crippen LogP contribution in [0, 0.1) is 6.92 Å². The van der Waals surface area contributed by atoms with Crippen molar-refractivity contribution in [1.82, 2.24) is 8.28 Å². The minimum Gasteiger partial charge on any atom is -0.242 e. The van der Waals surface area contributed by atoms with Crippen molar-refractivity contribution in [1.29, 1.82) is 0 Å². The lowest BCUT2D eigenvalue weighted by atomic mass is 9.99. The molecule has 0 saturated carbocycles. The van der Waals surface area contributed by atoms with Crippen molar-refractivity contribution < 1.29 is 12.6 Å². The highest BCUT2D eigenvalue weighted by Gasteiger charge is 2.35. The van der Waals surface area contributed by atoms with E-state index in [0.717, 1.165) is 27.6 Å². The van der Waals surface area contributed by atoms with E-state index in [1.807, 2.05) is 71.9 Å². The first-order chi connectivity index (χ1) is 15.4. The largest absolute Gasteiger partial charge is 0.268 e. The number of nitrogens with zero attached hydrogens (tertiary/aromatic N) is 2. The second kappa shape index (κ2) is 8.53. The van der Waals surface area contributed by atoms with Crippen molar-refractivity contribution in [3.8, 4) is 0 Å². The Hall–Kier alpha value is -2.22. The van der Waals surface area contributed by atoms with Crippen molar-refractivity contribution in [2.45, 2.75) is 63.6 Å². The highest BCUT2D eigenvalue weighted by molar-refractivity contribution is 7.90. The summed E-state index contributed by atoms with van der Waals surface area (Å²) in [5.41, 5.74) is 4.77. The van der Waals surface area contributed by atoms with Crippen molar-refractivity contribution in [2.75, 3.05) is 6.54 Å². The van der Waals surface area contributed by atoms with E-state index in [1.165, 1.54) is 3.97 Å². The minimum atomic E-state index is -3.74. The Morgan fingerprint density at radius 2 is 1.76 bits per heavy atom. The molecule has 2 atom stereocenters. The van der Waals surface area contributed by atoms with E-state index in [-0.39, 0.29) is 10.9 Å². The molecule has 0 spiro atoms. The fraction of sp³-hybridized carbons (Fsp3) is 0.385. The summed E-state index contributed by atoms with van der Waals surface area (Å²) in [5.74, 6) is 0. The zero-order valence-electron chi connectivity index (χ0n) is 20.1. The van der Waals surface area contributed by atoms with E-state index in [4.69, 9.17) is 0 Å². The van der Waals surface area contributed by atoms with Gasteiger partial charge in [0.05, 0.1) is 21.2 Å². The second-order valence-corrected chi connectivity index (χ2v) is 14.0. The molecule has 33 heavy (non-hydrogen) atoms. The third kappa shape index (κ3) is 4.34. The molecule has 2 aromatic carbocycles. The van der Waals surface area contributed by atoms with Crippen molar-refractivity contribution in [3.63, 3.8) is 0 Å². The molecule has 0 saturated heterocycles. The van der Waals surface area contributed by atoms with E-state index in [0.29, 0.717) is 18.5 Å². The fourth-order valence-corrected chi connectivity index (χ4v) is 7.10. The Morgan fingerprint density at radius 3 is 2.36 bits per heavy atom. The van der Waals surface area contributed by atoms with Crippen LogP contribution in [0.15, 0.2) is 65.2 Å². The maximum atomic E-state index is 13.6. The number of hydrogen-bond acceptors (Lipinski definition) is 3. The van der Waals surface area contributed by atoms with E-state index in [2.05, 4.69) is 10.4 Å². The van der Waals surface area contributed by atoms with Crippen LogP contribution in [0.4, 0.5) is 0 Å². The predicted molar refractivity (Wildman–Crippen MR) is 136 cm³/mol. The first kappa shape index (κ1) is 23.9. The molecule has 1 aliphatic rings. The van der Waals surface area contributed by atoms with Crippen LogP contribution < -0.4 is 0 Å². The number of benzene rings is 2. The second-order valence-electron chi connectivity index (χ2n) is 9.95. The van der Waals surface area contributed by atoms with Gasteiger partial charge in [-0.25, -0.2) is 20.9 Å². The van der Waals surface area contributed by atoms with Gasteiger partial charge < -0.3 is 0 Å². The van der Waals surface area contributed by atoms with Crippen LogP contribution in [0.25, 0.3) is 10.9 Å². The monoisotopic (exact) mass is 484 g/mol. The Morgan fingerprint density at radius 1 is 1.09 bits per heavy atom. The molecule has 0 radical (unpaired) electrons. The Bertz CT molecular complexity index is 1360. The molecule has 0 N–H and O–H groups in total. The number of aromatic nitrogens is 1. The van der Waals surface area contributed by atoms with Crippen LogP contribution in [0.3, 0.4) is 0 Å². The molecule has 0 aliphatic carbocycles. The van der Waals surface area contributed by atoms with Crippen LogP contribution in [-0.4, -0.2) is 32.2 Å². The van der Waals surface area contributed by atoms with E-state index < -0.39 is 25.8 Å². The summed E-state index contributed by atoms with van der Waals surface area (Å²) in [7, 11) is -4.95. The van der Waals surface area contributed by atoms with Gasteiger partial charge in [0.25, 0.3) is 10.0 Å². The molecule has 7 heteroatoms. The number of hydrogen-bond donors (Lipinski definition) is 0. The first-order valence-corrected chi connectivity index (χ1v) is 13.7. The van der Waals surface area contributed by atoms with Gasteiger partial charge in [0, 0.05) is 18.1 Å². The van der Waals surface area contributed by atoms with Crippen LogP contribution in [0.5, 0.6) is 0 Å². The highest BCUT2D eigenvalue weighted by Crippen LogP contribution is 2.39. The summed E-state index contributed by atoms with van der Waals surface area (Å²) < 4.78 is 43.7. The van der Waals surface area contributed by atoms with E-state index in [1.54, 1.807) is 18.3 Å². The Kier molecular flexibility index (Phi) is 6.18. The molecule has 0 unspecified atom stereocenters. The van der Waals surface area contributed by atoms with Gasteiger partial charge in [-0.15, -0.1) is 0 Å². The van der Waals surface area contributed by atoms with Gasteiger partial charge in [-0.2, -0.15) is 0 Å². The van der Waals surface area contributed by atoms with Gasteiger partial charge in [-0.3, -0.25) is 0 Å². The Labute approximate surface area is 199 Å². The standard InChI is InChI=1S/C26H32N2O3S2/c1-18(2)16-24-22-8-7-9-23-25(22)20(14-15-27(24)32(29)26(4,5)6)17-28(23)33(30,31)21-12-10-19(3)11-13-21/h7-13,16-17,24H,14-15H2,1-6H3/t24-,32-/m1/s1. The lowest BCUT2D eigenvalue weighted by molar-refractivity contribution is 0.392. The highest BCUT2D eigenvalue weighted by atomic mass is 32.2. The zero-order valence-corrected chi connectivity index (χ0v) is 21.8. The van der Waals surface area contributed by atoms with Crippen LogP contribution in [-0.2, 0) is 27.4 Å². The van der Waals surface area contributed by atoms with Crippen molar-refractivity contribution in [2.24, 2.45) is 0 Å². The average molecular weight is 485 g/mol. The smallest absolute Gasteiger partial charge is 0.242 e. The molecule has 5 nitrogen and oxygen atoms in total. The fourth-order valence-electron chi connectivity index (χ4n) is 4.38. The lowest BCUT2D eigenvalue weighted by Crippen LogP contribution is -2.40. The third-order valence-corrected chi connectivity index (χ3v) is 9.51. The molecule has 4 rings (SSSR count). The molecule has 176 valence electrons. The zero-order chi connectivity index (χ0) is 24.1. The summed E-state index contributed by atoms with van der Waals surface area (Å²) in [6.07, 6.45) is 4.52. The van der Waals surface area contributed by atoms with Gasteiger partial charge in [0.1, 0.15) is 11.0 Å². The molecule has 1 aliphatic heterocycles. The number of allylic oxidation sites excluding steroid dienone is 1. The molecule has 1 aromatic heterocycles. The summed E-state index contributed by atoms with van der Waals surface area (Å²) in [4.78, 5) is 0.273. The van der Waals surface area contributed by atoms with Crippen molar-refractivity contribution in [3.05, 3.63) is 77.0 Å². The van der Waals surface area contributed by atoms with Gasteiger partial charge in [-0.05, 0) is 77.3 Å². The Balaban J connectivity index is 1.94. The SMILES string of the molecule is CC(C)=C[C@@H]1c2cccc3c2c(cn3S(=O)(=O)c2ccc(C)cc2)CCN1[S@](=O)C(C)(C)C. The molecule has 2 heterocycles. The molecule has 0 amide bonds. The first-order valence-electron chi connectivity index (χ1n) is 11.2. The topological polar surface area (TPSA) is 59.4 Å². The average Bonchev–Trinajstić information content (AvgIpc) is 3.04. The van der Waals surface area contributed by atoms with E-state index in [9.17, 15) is 12.6 Å². The molecule has 0 fully saturated rings. The molecule has 0 bridgehead atoms. The van der Waals surface area contributed by atoms with Gasteiger partial charge in [0.15, 0.2) is 0 Å². The van der Waals surface area contributed by atoms with Gasteiger partial charge in [0.2, 0.25) is 0 Å². The minimum absolute atomic E-state index is 0.196. The van der Waals surface area contributed by atoms with Gasteiger partial charge in [-0.1, -0.05) is 41.5 Å². The predicted octanol–water partition coefficient (Wildman–Crippen LogP) is 5.51. The normalized spacial score (nSPS) is 18.2. The molecular formula is C26H32N2O3S2. The van der Waals surface area contributed by atoms with Crippen molar-refractivity contribution >= 4 is 31.9 Å². The summed E-state index contributed by atoms with van der Waals surface area (Å²) in [6, 6.07) is 12.6. The summed E-state index contributed by atoms with van der Waals surface area (Å²) in [5, 5.41) is 0.948. The number of rotatable bonds is 4. The lowest BCUT2D eigenvalue weighted by Gasteiger charge is -2.33. The summed E-state index contributed by atoms with van der Waals surface area (Å²) in [6.45, 7) is 12.6. The number of aryl methyl sites for hydroxylation is 1. The van der Waals surface area contributed by atoms with Crippen LogP contribution in [0.2, 0.25) is 0 Å². The maximum absolute atomic E-state index is 13.6. The molecule has 3 aromatic rings. The third-order valence-electron chi connectivity index (χ3n) is 5.94.